The molecule has 2 nitrogen and oxygen atoms in total. The lowest BCUT2D eigenvalue weighted by atomic mass is 10.1. The first-order chi connectivity index (χ1) is 7.54. The lowest BCUT2D eigenvalue weighted by Gasteiger charge is -2.16. The van der Waals surface area contributed by atoms with Gasteiger partial charge in [-0.1, -0.05) is 13.0 Å². The van der Waals surface area contributed by atoms with Crippen LogP contribution in [0.2, 0.25) is 0 Å². The average molecular weight is 221 g/mol. The fraction of sp³-hybridized carbons (Fsp3) is 0.571. The fourth-order valence-corrected chi connectivity index (χ4v) is 1.77. The molecule has 0 spiro atoms. The first-order valence-electron chi connectivity index (χ1n) is 5.98. The highest BCUT2D eigenvalue weighted by molar-refractivity contribution is 5.41. The Morgan fingerprint density at radius 1 is 1.25 bits per heavy atom. The highest BCUT2D eigenvalue weighted by Crippen LogP contribution is 2.23. The van der Waals surface area contributed by atoms with Crippen molar-refractivity contribution in [1.82, 2.24) is 5.32 Å². The van der Waals surface area contributed by atoms with Crippen molar-refractivity contribution < 1.29 is 4.74 Å². The number of ether oxygens (including phenoxy) is 1. The zero-order chi connectivity index (χ0) is 12.1. The van der Waals surface area contributed by atoms with E-state index in [0.717, 1.165) is 18.9 Å². The molecular weight excluding hydrogens is 198 g/mol. The lowest BCUT2D eigenvalue weighted by Crippen LogP contribution is -2.31. The number of benzene rings is 1. The van der Waals surface area contributed by atoms with Gasteiger partial charge in [0.15, 0.2) is 0 Å². The molecule has 0 aromatic heterocycles. The maximum atomic E-state index is 5.85. The van der Waals surface area contributed by atoms with Crippen LogP contribution in [-0.4, -0.2) is 19.2 Å². The molecule has 0 fully saturated rings. The highest BCUT2D eigenvalue weighted by atomic mass is 16.5. The van der Waals surface area contributed by atoms with Gasteiger partial charge < -0.3 is 10.1 Å². The summed E-state index contributed by atoms with van der Waals surface area (Å²) in [6.07, 6.45) is 0. The maximum Gasteiger partial charge on any atom is 0.122 e. The quantitative estimate of drug-likeness (QED) is 0.825. The summed E-state index contributed by atoms with van der Waals surface area (Å²) in [5.41, 5.74) is 3.80. The minimum atomic E-state index is 0.394. The zero-order valence-electron chi connectivity index (χ0n) is 11.1. The summed E-state index contributed by atoms with van der Waals surface area (Å²) < 4.78 is 5.85. The predicted molar refractivity (Wildman–Crippen MR) is 69.3 cm³/mol. The van der Waals surface area contributed by atoms with E-state index in [1.807, 2.05) is 0 Å². The monoisotopic (exact) mass is 221 g/mol. The van der Waals surface area contributed by atoms with Gasteiger partial charge in [0.1, 0.15) is 12.4 Å². The second-order valence-corrected chi connectivity index (χ2v) is 4.47. The van der Waals surface area contributed by atoms with E-state index in [4.69, 9.17) is 4.74 Å². The standard InChI is InChI=1S/C14H23NO/c1-6-15-12(4)9-16-14-8-10(2)7-11(3)13(14)5/h7-8,12,15H,6,9H2,1-5H3. The SMILES string of the molecule is CCNC(C)COc1cc(C)cc(C)c1C. The Hall–Kier alpha value is -1.02. The Labute approximate surface area is 99.0 Å². The van der Waals surface area contributed by atoms with Crippen molar-refractivity contribution in [2.75, 3.05) is 13.2 Å². The minimum Gasteiger partial charge on any atom is -0.492 e. The maximum absolute atomic E-state index is 5.85. The predicted octanol–water partition coefficient (Wildman–Crippen LogP) is 2.99. The number of hydrogen-bond acceptors (Lipinski definition) is 2. The van der Waals surface area contributed by atoms with Gasteiger partial charge in [0.25, 0.3) is 0 Å². The van der Waals surface area contributed by atoms with E-state index in [1.54, 1.807) is 0 Å². The largest absolute Gasteiger partial charge is 0.492 e. The highest BCUT2D eigenvalue weighted by Gasteiger charge is 2.06. The van der Waals surface area contributed by atoms with Gasteiger partial charge in [-0.2, -0.15) is 0 Å². The molecule has 16 heavy (non-hydrogen) atoms. The van der Waals surface area contributed by atoms with Crippen LogP contribution >= 0.6 is 0 Å². The molecule has 0 aliphatic rings. The zero-order valence-corrected chi connectivity index (χ0v) is 11.1. The van der Waals surface area contributed by atoms with Gasteiger partial charge in [-0.15, -0.1) is 0 Å². The molecule has 1 atom stereocenters. The fourth-order valence-electron chi connectivity index (χ4n) is 1.77. The Kier molecular flexibility index (Phi) is 4.81. The average Bonchev–Trinajstić information content (AvgIpc) is 2.21. The Balaban J connectivity index is 2.66. The van der Waals surface area contributed by atoms with Crippen molar-refractivity contribution in [3.63, 3.8) is 0 Å². The number of nitrogens with one attached hydrogen (secondary N) is 1. The normalized spacial score (nSPS) is 12.6. The van der Waals surface area contributed by atoms with Crippen molar-refractivity contribution in [3.05, 3.63) is 28.8 Å². The Morgan fingerprint density at radius 3 is 2.56 bits per heavy atom. The van der Waals surface area contributed by atoms with Crippen molar-refractivity contribution in [1.29, 1.82) is 0 Å². The van der Waals surface area contributed by atoms with Crippen LogP contribution in [0.25, 0.3) is 0 Å². The van der Waals surface area contributed by atoms with Gasteiger partial charge >= 0.3 is 0 Å². The van der Waals surface area contributed by atoms with E-state index in [0.29, 0.717) is 6.04 Å². The van der Waals surface area contributed by atoms with Gasteiger partial charge in [-0.25, -0.2) is 0 Å². The summed E-state index contributed by atoms with van der Waals surface area (Å²) in [5.74, 6) is 1.02. The van der Waals surface area contributed by atoms with E-state index in [9.17, 15) is 0 Å². The third kappa shape index (κ3) is 3.53. The van der Waals surface area contributed by atoms with E-state index in [-0.39, 0.29) is 0 Å². The number of aryl methyl sites for hydroxylation is 2. The lowest BCUT2D eigenvalue weighted by molar-refractivity contribution is 0.273. The first-order valence-corrected chi connectivity index (χ1v) is 5.98. The molecule has 0 saturated carbocycles. The summed E-state index contributed by atoms with van der Waals surface area (Å²) >= 11 is 0. The van der Waals surface area contributed by atoms with Crippen LogP contribution < -0.4 is 10.1 Å². The third-order valence-electron chi connectivity index (χ3n) is 2.81. The molecule has 90 valence electrons. The van der Waals surface area contributed by atoms with E-state index < -0.39 is 0 Å². The van der Waals surface area contributed by atoms with Gasteiger partial charge in [-0.05, 0) is 57.0 Å². The van der Waals surface area contributed by atoms with Gasteiger partial charge in [-0.3, -0.25) is 0 Å². The summed E-state index contributed by atoms with van der Waals surface area (Å²) in [4.78, 5) is 0. The molecular formula is C14H23NO. The molecule has 0 aliphatic carbocycles. The van der Waals surface area contributed by atoms with Crippen LogP contribution in [0, 0.1) is 20.8 Å². The topological polar surface area (TPSA) is 21.3 Å². The van der Waals surface area contributed by atoms with Crippen LogP contribution in [0.4, 0.5) is 0 Å². The van der Waals surface area contributed by atoms with Gasteiger partial charge in [0.05, 0.1) is 0 Å². The molecule has 1 unspecified atom stereocenters. The van der Waals surface area contributed by atoms with Crippen molar-refractivity contribution >= 4 is 0 Å². The summed E-state index contributed by atoms with van der Waals surface area (Å²) in [6.45, 7) is 12.3. The molecule has 0 heterocycles. The summed E-state index contributed by atoms with van der Waals surface area (Å²) in [5, 5.41) is 3.34. The van der Waals surface area contributed by atoms with E-state index in [1.165, 1.54) is 16.7 Å². The molecule has 1 aromatic rings. The van der Waals surface area contributed by atoms with Crippen LogP contribution in [0.15, 0.2) is 12.1 Å². The smallest absolute Gasteiger partial charge is 0.122 e. The summed E-state index contributed by atoms with van der Waals surface area (Å²) in [7, 11) is 0. The van der Waals surface area contributed by atoms with Crippen LogP contribution in [0.5, 0.6) is 5.75 Å². The van der Waals surface area contributed by atoms with Crippen LogP contribution in [0.3, 0.4) is 0 Å². The second kappa shape index (κ2) is 5.90. The van der Waals surface area contributed by atoms with Gasteiger partial charge in [0.2, 0.25) is 0 Å². The first kappa shape index (κ1) is 13.0. The third-order valence-corrected chi connectivity index (χ3v) is 2.81. The molecule has 2 heteroatoms. The minimum absolute atomic E-state index is 0.394. The molecule has 0 bridgehead atoms. The molecule has 1 aromatic carbocycles. The molecule has 0 amide bonds. The van der Waals surface area contributed by atoms with Crippen LogP contribution in [0.1, 0.15) is 30.5 Å². The number of likely N-dealkylation sites (N-methyl/N-ethyl adjacent to an activating group) is 1. The Morgan fingerprint density at radius 2 is 1.94 bits per heavy atom. The van der Waals surface area contributed by atoms with E-state index in [2.05, 4.69) is 52.1 Å². The molecule has 0 aliphatic heterocycles. The molecule has 1 rings (SSSR count). The van der Waals surface area contributed by atoms with E-state index >= 15 is 0 Å². The number of hydrogen-bond donors (Lipinski definition) is 1. The van der Waals surface area contributed by atoms with Crippen molar-refractivity contribution in [3.8, 4) is 5.75 Å². The molecule has 1 N–H and O–H groups in total. The molecule has 0 saturated heterocycles. The Bertz CT molecular complexity index is 347. The van der Waals surface area contributed by atoms with Crippen molar-refractivity contribution in [2.24, 2.45) is 0 Å². The number of rotatable bonds is 5. The van der Waals surface area contributed by atoms with Crippen molar-refractivity contribution in [2.45, 2.75) is 40.7 Å². The second-order valence-electron chi connectivity index (χ2n) is 4.47. The summed E-state index contributed by atoms with van der Waals surface area (Å²) in [6, 6.07) is 4.70. The van der Waals surface area contributed by atoms with Crippen LogP contribution in [-0.2, 0) is 0 Å². The molecule has 0 radical (unpaired) electrons. The van der Waals surface area contributed by atoms with Gasteiger partial charge in [0, 0.05) is 6.04 Å².